The maximum Gasteiger partial charge on any atom is 0.395 e. The summed E-state index contributed by atoms with van der Waals surface area (Å²) < 4.78 is 4.92. The van der Waals surface area contributed by atoms with E-state index in [2.05, 4.69) is 10.3 Å². The first kappa shape index (κ1) is 16.7. The Hall–Kier alpha value is -2.65. The summed E-state index contributed by atoms with van der Waals surface area (Å²) in [5.74, 6) is -1.18. The van der Waals surface area contributed by atoms with Gasteiger partial charge in [-0.3, -0.25) is 19.7 Å². The van der Waals surface area contributed by atoms with E-state index in [1.165, 1.54) is 18.2 Å². The molecule has 0 aliphatic carbocycles. The Bertz CT molecular complexity index is 823. The lowest BCUT2D eigenvalue weighted by molar-refractivity contribution is -0.387. The molecule has 0 aliphatic heterocycles. The van der Waals surface area contributed by atoms with Gasteiger partial charge in [-0.15, -0.1) is 0 Å². The molecule has 120 valence electrons. The van der Waals surface area contributed by atoms with Crippen LogP contribution in [0.15, 0.2) is 29.3 Å². The number of hydrogen-bond donors (Lipinski definition) is 2. The predicted octanol–water partition coefficient (Wildman–Crippen LogP) is 2.00. The number of aromatic amines is 1. The number of halogens is 2. The van der Waals surface area contributed by atoms with Gasteiger partial charge in [-0.25, -0.2) is 0 Å². The maximum absolute atomic E-state index is 11.8. The molecule has 2 aromatic rings. The van der Waals surface area contributed by atoms with Gasteiger partial charge in [-0.1, -0.05) is 23.2 Å². The number of carbonyl (C=O) groups is 1. The molecule has 0 bridgehead atoms. The predicted molar refractivity (Wildman–Crippen MR) is 82.1 cm³/mol. The maximum atomic E-state index is 11.8. The van der Waals surface area contributed by atoms with E-state index in [1.54, 1.807) is 0 Å². The molecule has 9 nitrogen and oxygen atoms in total. The number of benzene rings is 1. The fourth-order valence-corrected chi connectivity index (χ4v) is 1.85. The quantitative estimate of drug-likeness (QED) is 0.621. The van der Waals surface area contributed by atoms with Gasteiger partial charge in [0.05, 0.1) is 21.3 Å². The summed E-state index contributed by atoms with van der Waals surface area (Å²) in [6.07, 6.45) is 0.932. The fourth-order valence-electron chi connectivity index (χ4n) is 1.55. The molecule has 0 unspecified atom stereocenters. The van der Waals surface area contributed by atoms with E-state index in [4.69, 9.17) is 27.9 Å². The van der Waals surface area contributed by atoms with Crippen LogP contribution in [0, 0.1) is 10.1 Å². The zero-order chi connectivity index (χ0) is 17.0. The smallest absolute Gasteiger partial charge is 0.395 e. The minimum absolute atomic E-state index is 0.247. The fraction of sp³-hybridized carbons (Fsp3) is 0.0833. The van der Waals surface area contributed by atoms with Crippen molar-refractivity contribution in [3.8, 4) is 5.88 Å². The average molecular weight is 359 g/mol. The Morgan fingerprint density at radius 2 is 2.13 bits per heavy atom. The summed E-state index contributed by atoms with van der Waals surface area (Å²) in [4.78, 5) is 38.5. The lowest BCUT2D eigenvalue weighted by Crippen LogP contribution is -2.22. The van der Waals surface area contributed by atoms with Gasteiger partial charge < -0.3 is 15.0 Å². The standard InChI is InChI=1S/C12H8Cl2N4O5/c13-7-2-1-6(3-8(7)14)17-9(19)4-23-12-10(18(21)22)11(20)15-5-16-12/h1-3,5H,4H2,(H,17,19)(H,15,16,20). The molecule has 0 saturated heterocycles. The van der Waals surface area contributed by atoms with Gasteiger partial charge in [0.1, 0.15) is 0 Å². The van der Waals surface area contributed by atoms with Crippen LogP contribution in [0.25, 0.3) is 0 Å². The topological polar surface area (TPSA) is 127 Å². The molecule has 0 spiro atoms. The zero-order valence-electron chi connectivity index (χ0n) is 11.2. The van der Waals surface area contributed by atoms with Crippen molar-refractivity contribution in [3.63, 3.8) is 0 Å². The van der Waals surface area contributed by atoms with Crippen molar-refractivity contribution >= 4 is 40.5 Å². The monoisotopic (exact) mass is 358 g/mol. The van der Waals surface area contributed by atoms with E-state index < -0.39 is 34.6 Å². The molecule has 1 aromatic heterocycles. The second-order valence-electron chi connectivity index (χ2n) is 4.11. The minimum Gasteiger partial charge on any atom is -0.462 e. The van der Waals surface area contributed by atoms with E-state index >= 15 is 0 Å². The van der Waals surface area contributed by atoms with E-state index in [9.17, 15) is 19.7 Å². The van der Waals surface area contributed by atoms with Crippen LogP contribution in [-0.4, -0.2) is 27.4 Å². The number of nitrogens with one attached hydrogen (secondary N) is 2. The first-order valence-corrected chi connectivity index (χ1v) is 6.74. The SMILES string of the molecule is O=C(COc1nc[nH]c(=O)c1[N+](=O)[O-])Nc1ccc(Cl)c(Cl)c1. The highest BCUT2D eigenvalue weighted by Crippen LogP contribution is 2.25. The highest BCUT2D eigenvalue weighted by Gasteiger charge is 2.22. The molecule has 0 atom stereocenters. The highest BCUT2D eigenvalue weighted by molar-refractivity contribution is 6.42. The molecule has 23 heavy (non-hydrogen) atoms. The number of nitro groups is 1. The van der Waals surface area contributed by atoms with Gasteiger partial charge in [0, 0.05) is 5.69 Å². The Balaban J connectivity index is 2.05. The molecule has 0 aliphatic rings. The normalized spacial score (nSPS) is 10.2. The van der Waals surface area contributed by atoms with Gasteiger partial charge in [-0.2, -0.15) is 4.98 Å². The van der Waals surface area contributed by atoms with Crippen molar-refractivity contribution in [3.05, 3.63) is 55.0 Å². The number of hydrogen-bond acceptors (Lipinski definition) is 6. The molecule has 1 amide bonds. The van der Waals surface area contributed by atoms with Crippen molar-refractivity contribution in [1.29, 1.82) is 0 Å². The zero-order valence-corrected chi connectivity index (χ0v) is 12.7. The average Bonchev–Trinajstić information content (AvgIpc) is 2.48. The number of ether oxygens (including phenoxy) is 1. The molecule has 1 heterocycles. The van der Waals surface area contributed by atoms with Crippen molar-refractivity contribution in [1.82, 2.24) is 9.97 Å². The van der Waals surface area contributed by atoms with Gasteiger partial charge in [0.15, 0.2) is 6.61 Å². The van der Waals surface area contributed by atoms with Gasteiger partial charge >= 0.3 is 17.1 Å². The minimum atomic E-state index is -0.982. The van der Waals surface area contributed by atoms with Crippen LogP contribution in [0.3, 0.4) is 0 Å². The highest BCUT2D eigenvalue weighted by atomic mass is 35.5. The first-order valence-electron chi connectivity index (χ1n) is 5.98. The van der Waals surface area contributed by atoms with Crippen molar-refractivity contribution < 1.29 is 14.5 Å². The Morgan fingerprint density at radius 1 is 1.39 bits per heavy atom. The molecular weight excluding hydrogens is 351 g/mol. The van der Waals surface area contributed by atoms with E-state index in [0.717, 1.165) is 6.33 Å². The lowest BCUT2D eigenvalue weighted by Gasteiger charge is -2.07. The third-order valence-electron chi connectivity index (χ3n) is 2.52. The number of H-pyrrole nitrogens is 1. The van der Waals surface area contributed by atoms with Crippen LogP contribution in [0.4, 0.5) is 11.4 Å². The van der Waals surface area contributed by atoms with Crippen LogP contribution in [0.5, 0.6) is 5.88 Å². The van der Waals surface area contributed by atoms with Crippen LogP contribution in [0.1, 0.15) is 0 Å². The molecule has 11 heteroatoms. The number of rotatable bonds is 5. The Morgan fingerprint density at radius 3 is 2.78 bits per heavy atom. The van der Waals surface area contributed by atoms with Crippen LogP contribution < -0.4 is 15.6 Å². The number of carbonyl (C=O) groups excluding carboxylic acids is 1. The molecule has 1 aromatic carbocycles. The number of amides is 1. The molecular formula is C12H8Cl2N4O5. The summed E-state index contributed by atoms with van der Waals surface area (Å²) in [6.45, 7) is -0.586. The number of anilines is 1. The second kappa shape index (κ2) is 7.07. The molecule has 2 rings (SSSR count). The van der Waals surface area contributed by atoms with Crippen molar-refractivity contribution in [2.75, 3.05) is 11.9 Å². The summed E-state index contributed by atoms with van der Waals surface area (Å²) in [5.41, 5.74) is -1.50. The second-order valence-corrected chi connectivity index (χ2v) is 4.92. The molecule has 0 saturated carbocycles. The molecule has 0 fully saturated rings. The Labute approximate surface area is 138 Å². The summed E-state index contributed by atoms with van der Waals surface area (Å²) in [7, 11) is 0. The summed E-state index contributed by atoms with van der Waals surface area (Å²) >= 11 is 11.6. The van der Waals surface area contributed by atoms with Crippen LogP contribution in [0.2, 0.25) is 10.0 Å². The summed E-state index contributed by atoms with van der Waals surface area (Å²) in [6, 6.07) is 4.43. The first-order chi connectivity index (χ1) is 10.9. The third kappa shape index (κ3) is 4.18. The molecule has 2 N–H and O–H groups in total. The lowest BCUT2D eigenvalue weighted by atomic mass is 10.3. The number of nitrogens with zero attached hydrogens (tertiary/aromatic N) is 2. The van der Waals surface area contributed by atoms with Crippen LogP contribution in [-0.2, 0) is 4.79 Å². The van der Waals surface area contributed by atoms with Gasteiger partial charge in [0.25, 0.3) is 5.91 Å². The third-order valence-corrected chi connectivity index (χ3v) is 3.26. The molecule has 0 radical (unpaired) electrons. The van der Waals surface area contributed by atoms with Crippen molar-refractivity contribution in [2.24, 2.45) is 0 Å². The van der Waals surface area contributed by atoms with Crippen molar-refractivity contribution in [2.45, 2.75) is 0 Å². The van der Waals surface area contributed by atoms with Gasteiger partial charge in [0.2, 0.25) is 0 Å². The van der Waals surface area contributed by atoms with Crippen LogP contribution >= 0.6 is 23.2 Å². The van der Waals surface area contributed by atoms with E-state index in [1.807, 2.05) is 4.98 Å². The van der Waals surface area contributed by atoms with E-state index in [-0.39, 0.29) is 5.02 Å². The van der Waals surface area contributed by atoms with Gasteiger partial charge in [-0.05, 0) is 18.2 Å². The largest absolute Gasteiger partial charge is 0.462 e. The Kier molecular flexibility index (Phi) is 5.14. The summed E-state index contributed by atoms with van der Waals surface area (Å²) in [5, 5.41) is 13.8. The number of aromatic nitrogens is 2. The van der Waals surface area contributed by atoms with E-state index in [0.29, 0.717) is 10.7 Å².